The highest BCUT2D eigenvalue weighted by Crippen LogP contribution is 2.21. The van der Waals surface area contributed by atoms with Gasteiger partial charge in [-0.15, -0.1) is 0 Å². The van der Waals surface area contributed by atoms with Crippen LogP contribution in [0, 0.1) is 10.1 Å². The topological polar surface area (TPSA) is 114 Å². The van der Waals surface area contributed by atoms with E-state index in [2.05, 4.69) is 20.5 Å². The van der Waals surface area contributed by atoms with Gasteiger partial charge in [0.2, 0.25) is 0 Å². The maximum Gasteiger partial charge on any atom is 0.300 e. The number of rotatable bonds is 3. The van der Waals surface area contributed by atoms with Crippen molar-refractivity contribution in [1.82, 2.24) is 15.2 Å². The number of halogens is 1. The average Bonchev–Trinajstić information content (AvgIpc) is 2.81. The molecule has 92 valence electrons. The molecule has 0 atom stereocenters. The van der Waals surface area contributed by atoms with Gasteiger partial charge in [-0.1, -0.05) is 11.6 Å². The molecule has 18 heavy (non-hydrogen) atoms. The zero-order valence-corrected chi connectivity index (χ0v) is 9.51. The summed E-state index contributed by atoms with van der Waals surface area (Å²) >= 11 is 5.61. The second-order valence-corrected chi connectivity index (χ2v) is 3.59. The van der Waals surface area contributed by atoms with E-state index >= 15 is 0 Å². The number of amides is 1. The number of H-pyrrole nitrogens is 1. The Morgan fingerprint density at radius 2 is 2.33 bits per heavy atom. The monoisotopic (exact) mass is 267 g/mol. The van der Waals surface area contributed by atoms with Crippen molar-refractivity contribution >= 4 is 29.0 Å². The average molecular weight is 268 g/mol. The predicted octanol–water partition coefficient (Wildman–Crippen LogP) is 1.62. The first kappa shape index (κ1) is 12.0. The molecule has 0 aliphatic heterocycles. The Morgan fingerprint density at radius 3 is 2.94 bits per heavy atom. The molecular weight excluding hydrogens is 262 g/mol. The molecule has 1 amide bonds. The maximum atomic E-state index is 11.8. The Balaban J connectivity index is 2.34. The summed E-state index contributed by atoms with van der Waals surface area (Å²) < 4.78 is 0. The van der Waals surface area contributed by atoms with Crippen LogP contribution in [0.3, 0.4) is 0 Å². The third kappa shape index (κ3) is 2.43. The normalized spacial score (nSPS) is 10.1. The molecule has 0 saturated carbocycles. The van der Waals surface area contributed by atoms with Gasteiger partial charge in [-0.3, -0.25) is 20.0 Å². The van der Waals surface area contributed by atoms with Crippen LogP contribution in [0.2, 0.25) is 5.15 Å². The van der Waals surface area contributed by atoms with E-state index < -0.39 is 16.5 Å². The van der Waals surface area contributed by atoms with Gasteiger partial charge in [0.1, 0.15) is 22.7 Å². The van der Waals surface area contributed by atoms with Crippen LogP contribution < -0.4 is 5.32 Å². The van der Waals surface area contributed by atoms with Gasteiger partial charge < -0.3 is 5.32 Å². The van der Waals surface area contributed by atoms with Crippen molar-refractivity contribution in [3.05, 3.63) is 45.4 Å². The number of anilines is 1. The molecule has 0 saturated heterocycles. The first-order valence-electron chi connectivity index (χ1n) is 4.68. The van der Waals surface area contributed by atoms with E-state index in [1.165, 1.54) is 12.3 Å². The van der Waals surface area contributed by atoms with Crippen LogP contribution in [0.5, 0.6) is 0 Å². The fourth-order valence-electron chi connectivity index (χ4n) is 1.27. The molecular formula is C9H6ClN5O3. The fraction of sp³-hybridized carbons (Fsp3) is 0. The van der Waals surface area contributed by atoms with Crippen molar-refractivity contribution < 1.29 is 9.72 Å². The molecule has 2 aromatic rings. The van der Waals surface area contributed by atoms with Crippen LogP contribution in [0.25, 0.3) is 0 Å². The summed E-state index contributed by atoms with van der Waals surface area (Å²) in [6.45, 7) is 0. The van der Waals surface area contributed by atoms with E-state index in [0.717, 1.165) is 12.3 Å². The third-order valence-electron chi connectivity index (χ3n) is 2.04. The van der Waals surface area contributed by atoms with E-state index in [1.54, 1.807) is 0 Å². The predicted molar refractivity (Wildman–Crippen MR) is 62.4 cm³/mol. The second kappa shape index (κ2) is 4.80. The minimum atomic E-state index is -0.703. The van der Waals surface area contributed by atoms with Gasteiger partial charge in [-0.2, -0.15) is 5.10 Å². The van der Waals surface area contributed by atoms with Crippen molar-refractivity contribution in [2.45, 2.75) is 0 Å². The fourth-order valence-corrected chi connectivity index (χ4v) is 1.42. The van der Waals surface area contributed by atoms with Crippen LogP contribution >= 0.6 is 11.6 Å². The molecule has 2 aromatic heterocycles. The third-order valence-corrected chi connectivity index (χ3v) is 2.25. The zero-order chi connectivity index (χ0) is 13.1. The quantitative estimate of drug-likeness (QED) is 0.498. The molecule has 0 aliphatic carbocycles. The summed E-state index contributed by atoms with van der Waals surface area (Å²) in [6, 6.07) is 2.64. The Bertz CT molecular complexity index is 598. The van der Waals surface area contributed by atoms with E-state index in [4.69, 9.17) is 11.6 Å². The highest BCUT2D eigenvalue weighted by molar-refractivity contribution is 6.30. The van der Waals surface area contributed by atoms with Crippen molar-refractivity contribution in [2.75, 3.05) is 5.32 Å². The first-order valence-corrected chi connectivity index (χ1v) is 5.06. The molecule has 8 nitrogen and oxygen atoms in total. The molecule has 9 heteroatoms. The number of nitrogens with zero attached hydrogens (tertiary/aromatic N) is 3. The lowest BCUT2D eigenvalue weighted by molar-refractivity contribution is -0.385. The van der Waals surface area contributed by atoms with E-state index in [9.17, 15) is 14.9 Å². The Labute approximate surface area is 105 Å². The van der Waals surface area contributed by atoms with Gasteiger partial charge in [-0.25, -0.2) is 4.98 Å². The molecule has 0 radical (unpaired) electrons. The van der Waals surface area contributed by atoms with Crippen LogP contribution in [-0.4, -0.2) is 26.0 Å². The summed E-state index contributed by atoms with van der Waals surface area (Å²) in [5, 5.41) is 19.3. The maximum absolute atomic E-state index is 11.8. The number of hydrogen-bond donors (Lipinski definition) is 2. The number of nitro groups is 1. The molecule has 0 aliphatic rings. The number of carbonyl (C=O) groups is 1. The van der Waals surface area contributed by atoms with E-state index in [-0.39, 0.29) is 10.7 Å². The minimum Gasteiger partial charge on any atom is -0.307 e. The summed E-state index contributed by atoms with van der Waals surface area (Å²) in [5.74, 6) is -0.350. The van der Waals surface area contributed by atoms with Crippen LogP contribution in [0.1, 0.15) is 10.4 Å². The lowest BCUT2D eigenvalue weighted by Crippen LogP contribution is -2.14. The number of pyridine rings is 1. The lowest BCUT2D eigenvalue weighted by atomic mass is 10.2. The zero-order valence-electron chi connectivity index (χ0n) is 8.75. The Morgan fingerprint density at radius 1 is 1.56 bits per heavy atom. The SMILES string of the molecule is O=C(Nc1ccn[nH]1)c1cc(Cl)ncc1[N+](=O)[O-]. The first-order chi connectivity index (χ1) is 8.58. The lowest BCUT2D eigenvalue weighted by Gasteiger charge is -2.03. The summed E-state index contributed by atoms with van der Waals surface area (Å²) in [6.07, 6.45) is 2.37. The number of hydrogen-bond acceptors (Lipinski definition) is 5. The van der Waals surface area contributed by atoms with Gasteiger partial charge in [0.15, 0.2) is 0 Å². The minimum absolute atomic E-state index is 0.00430. The summed E-state index contributed by atoms with van der Waals surface area (Å²) in [4.78, 5) is 25.5. The van der Waals surface area contributed by atoms with Crippen molar-refractivity contribution in [2.24, 2.45) is 0 Å². The van der Waals surface area contributed by atoms with Crippen molar-refractivity contribution in [1.29, 1.82) is 0 Å². The van der Waals surface area contributed by atoms with Gasteiger partial charge in [0, 0.05) is 6.07 Å². The molecule has 0 spiro atoms. The number of aromatic nitrogens is 3. The molecule has 2 heterocycles. The van der Waals surface area contributed by atoms with E-state index in [0.29, 0.717) is 5.82 Å². The Kier molecular flexibility index (Phi) is 3.20. The van der Waals surface area contributed by atoms with Gasteiger partial charge >= 0.3 is 0 Å². The molecule has 0 bridgehead atoms. The van der Waals surface area contributed by atoms with Crippen LogP contribution in [0.15, 0.2) is 24.5 Å². The van der Waals surface area contributed by atoms with Gasteiger partial charge in [-0.05, 0) is 6.07 Å². The summed E-state index contributed by atoms with van der Waals surface area (Å²) in [5.41, 5.74) is -0.592. The largest absolute Gasteiger partial charge is 0.307 e. The second-order valence-electron chi connectivity index (χ2n) is 3.21. The smallest absolute Gasteiger partial charge is 0.300 e. The standard InChI is InChI=1S/C9H6ClN5O3/c10-7-3-5(6(4-11-7)15(17)18)9(16)13-8-1-2-12-14-8/h1-4H,(H2,12,13,14,16). The van der Waals surface area contributed by atoms with E-state index in [1.807, 2.05) is 0 Å². The Hall–Kier alpha value is -2.48. The van der Waals surface area contributed by atoms with Gasteiger partial charge in [0.25, 0.3) is 11.6 Å². The molecule has 2 N–H and O–H groups in total. The van der Waals surface area contributed by atoms with Crippen molar-refractivity contribution in [3.63, 3.8) is 0 Å². The van der Waals surface area contributed by atoms with Crippen molar-refractivity contribution in [3.8, 4) is 0 Å². The summed E-state index contributed by atoms with van der Waals surface area (Å²) in [7, 11) is 0. The number of nitrogens with one attached hydrogen (secondary N) is 2. The molecule has 0 aromatic carbocycles. The highest BCUT2D eigenvalue weighted by atomic mass is 35.5. The number of carbonyl (C=O) groups excluding carboxylic acids is 1. The van der Waals surface area contributed by atoms with Crippen LogP contribution in [-0.2, 0) is 0 Å². The molecule has 0 unspecified atom stereocenters. The molecule has 2 rings (SSSR count). The molecule has 0 fully saturated rings. The van der Waals surface area contributed by atoms with Crippen LogP contribution in [0.4, 0.5) is 11.5 Å². The highest BCUT2D eigenvalue weighted by Gasteiger charge is 2.21. The van der Waals surface area contributed by atoms with Gasteiger partial charge in [0.05, 0.1) is 11.1 Å². The number of aromatic amines is 1.